The van der Waals surface area contributed by atoms with Gasteiger partial charge in [-0.2, -0.15) is 0 Å². The van der Waals surface area contributed by atoms with Gasteiger partial charge in [-0.15, -0.1) is 0 Å². The Kier molecular flexibility index (Phi) is 6.35. The zero-order valence-electron chi connectivity index (χ0n) is 15.3. The highest BCUT2D eigenvalue weighted by Crippen LogP contribution is 2.37. The number of ether oxygens (including phenoxy) is 1. The van der Waals surface area contributed by atoms with Crippen molar-refractivity contribution >= 4 is 30.9 Å². The summed E-state index contributed by atoms with van der Waals surface area (Å²) >= 11 is 1.88. The van der Waals surface area contributed by atoms with Gasteiger partial charge in [0.2, 0.25) is 0 Å². The van der Waals surface area contributed by atoms with Gasteiger partial charge in [0.05, 0.1) is 16.3 Å². The lowest BCUT2D eigenvalue weighted by molar-refractivity contribution is -0.159. The summed E-state index contributed by atoms with van der Waals surface area (Å²) in [5.41, 5.74) is -0.911. The van der Waals surface area contributed by atoms with Gasteiger partial charge in [0, 0.05) is 6.20 Å². The Bertz CT molecular complexity index is 724. The highest BCUT2D eigenvalue weighted by molar-refractivity contribution is 14.1. The molecule has 7 nitrogen and oxygen atoms in total. The Balaban J connectivity index is 2.13. The maximum absolute atomic E-state index is 12.1. The van der Waals surface area contributed by atoms with Crippen LogP contribution in [0.5, 0.6) is 0 Å². The lowest BCUT2D eigenvalue weighted by Crippen LogP contribution is -2.48. The predicted octanol–water partition coefficient (Wildman–Crippen LogP) is 2.20. The number of hydrogen-bond acceptors (Lipinski definition) is 5. The fraction of sp³-hybridized carbons (Fsp3) is 0.750. The molecule has 2 heterocycles. The van der Waals surface area contributed by atoms with Crippen molar-refractivity contribution in [1.82, 2.24) is 9.55 Å². The molecule has 142 valence electrons. The summed E-state index contributed by atoms with van der Waals surface area (Å²) < 4.78 is 13.9. The molecule has 0 aromatic carbocycles. The first-order valence-electron chi connectivity index (χ1n) is 8.41. The number of rotatable bonds is 4. The van der Waals surface area contributed by atoms with E-state index in [1.165, 1.54) is 10.8 Å². The van der Waals surface area contributed by atoms with Gasteiger partial charge in [-0.3, -0.25) is 14.3 Å². The van der Waals surface area contributed by atoms with Crippen molar-refractivity contribution in [1.29, 1.82) is 0 Å². The molecule has 25 heavy (non-hydrogen) atoms. The maximum Gasteiger partial charge on any atom is 0.330 e. The van der Waals surface area contributed by atoms with Crippen LogP contribution in [-0.2, 0) is 9.16 Å². The Morgan fingerprint density at radius 3 is 2.64 bits per heavy atom. The molecule has 3 atom stereocenters. The third-order valence-corrected chi connectivity index (χ3v) is 10.4. The highest BCUT2D eigenvalue weighted by atomic mass is 127. The van der Waals surface area contributed by atoms with Gasteiger partial charge in [-0.1, -0.05) is 20.8 Å². The number of aromatic amines is 1. The summed E-state index contributed by atoms with van der Waals surface area (Å²) in [5.74, 6) is 0. The second kappa shape index (κ2) is 7.63. The normalized spacial score (nSPS) is 25.2. The molecule has 0 amide bonds. The molecule has 1 saturated heterocycles. The van der Waals surface area contributed by atoms with Crippen LogP contribution in [0.3, 0.4) is 0 Å². The molecular formula is C16H27IN2O5Si. The minimum absolute atomic E-state index is 0.0674. The highest BCUT2D eigenvalue weighted by Gasteiger charge is 2.39. The summed E-state index contributed by atoms with van der Waals surface area (Å²) in [6, 6.07) is 0. The minimum Gasteiger partial charge on any atom is -0.414 e. The van der Waals surface area contributed by atoms with Crippen LogP contribution in [0.1, 0.15) is 39.8 Å². The molecule has 1 aliphatic heterocycles. The van der Waals surface area contributed by atoms with Crippen LogP contribution in [0, 0.1) is 3.57 Å². The fourth-order valence-corrected chi connectivity index (χ4v) is 3.85. The van der Waals surface area contributed by atoms with Crippen LogP contribution in [0.15, 0.2) is 15.8 Å². The average Bonchev–Trinajstić information content (AvgIpc) is 2.49. The molecule has 1 fully saturated rings. The molecule has 0 aliphatic carbocycles. The van der Waals surface area contributed by atoms with Crippen LogP contribution in [-0.4, -0.2) is 41.8 Å². The van der Waals surface area contributed by atoms with Gasteiger partial charge in [0.15, 0.2) is 8.32 Å². The standard InChI is InChI=1S/C16H27IN2O5Si/c1-16(2,3)25(4,5)23-9-12-11(20)6-7-13(24-12)19-8-10(17)14(21)18-15(19)22/h8,11-13,20H,6-7,9H2,1-5H3,(H,18,21,22)/t11?,12-,13-/m1/s1. The van der Waals surface area contributed by atoms with Gasteiger partial charge >= 0.3 is 5.69 Å². The number of aliphatic hydroxyl groups excluding tert-OH is 1. The van der Waals surface area contributed by atoms with Gasteiger partial charge in [0.25, 0.3) is 5.56 Å². The average molecular weight is 482 g/mol. The number of nitrogens with one attached hydrogen (secondary N) is 1. The van der Waals surface area contributed by atoms with E-state index in [1.807, 2.05) is 22.6 Å². The Morgan fingerprint density at radius 2 is 2.04 bits per heavy atom. The summed E-state index contributed by atoms with van der Waals surface area (Å²) in [4.78, 5) is 25.9. The van der Waals surface area contributed by atoms with Crippen molar-refractivity contribution in [2.45, 2.75) is 70.2 Å². The molecule has 1 aromatic heterocycles. The maximum atomic E-state index is 12.1. The molecule has 0 spiro atoms. The zero-order valence-corrected chi connectivity index (χ0v) is 18.5. The smallest absolute Gasteiger partial charge is 0.330 e. The third-order valence-electron chi connectivity index (χ3n) is 5.12. The van der Waals surface area contributed by atoms with Crippen LogP contribution >= 0.6 is 22.6 Å². The number of halogens is 1. The Labute approximate surface area is 162 Å². The van der Waals surface area contributed by atoms with Crippen LogP contribution < -0.4 is 11.2 Å². The van der Waals surface area contributed by atoms with Gasteiger partial charge in [-0.05, 0) is 53.6 Å². The second-order valence-corrected chi connectivity index (χ2v) is 14.0. The topological polar surface area (TPSA) is 93.5 Å². The fourth-order valence-electron chi connectivity index (χ4n) is 2.40. The van der Waals surface area contributed by atoms with Gasteiger partial charge < -0.3 is 14.3 Å². The molecule has 0 radical (unpaired) electrons. The molecular weight excluding hydrogens is 455 g/mol. The summed E-state index contributed by atoms with van der Waals surface area (Å²) in [6.07, 6.45) is 0.866. The van der Waals surface area contributed by atoms with Crippen LogP contribution in [0.2, 0.25) is 18.1 Å². The molecule has 2 rings (SSSR count). The van der Waals surface area contributed by atoms with E-state index in [0.717, 1.165) is 0 Å². The van der Waals surface area contributed by atoms with Crippen molar-refractivity contribution in [3.05, 3.63) is 30.6 Å². The third kappa shape index (κ3) is 4.82. The van der Waals surface area contributed by atoms with Gasteiger partial charge in [-0.25, -0.2) is 4.79 Å². The van der Waals surface area contributed by atoms with E-state index < -0.39 is 38.0 Å². The van der Waals surface area contributed by atoms with E-state index in [4.69, 9.17) is 9.16 Å². The van der Waals surface area contributed by atoms with E-state index >= 15 is 0 Å². The zero-order chi connectivity index (χ0) is 19.0. The number of nitrogens with zero attached hydrogens (tertiary/aromatic N) is 1. The summed E-state index contributed by atoms with van der Waals surface area (Å²) in [6.45, 7) is 11.1. The number of H-pyrrole nitrogens is 1. The van der Waals surface area contributed by atoms with Crippen molar-refractivity contribution in [2.75, 3.05) is 6.61 Å². The Hall–Kier alpha value is -0.493. The van der Waals surface area contributed by atoms with Crippen molar-refractivity contribution in [2.24, 2.45) is 0 Å². The largest absolute Gasteiger partial charge is 0.414 e. The SMILES string of the molecule is CC(C)(C)[Si](C)(C)OC[C@H]1O[C@@H](n2cc(I)c(=O)[nH]c2=O)CCC1O. The molecule has 0 saturated carbocycles. The lowest BCUT2D eigenvalue weighted by Gasteiger charge is -2.40. The molecule has 1 unspecified atom stereocenters. The summed E-state index contributed by atoms with van der Waals surface area (Å²) in [5, 5.41) is 10.3. The van der Waals surface area contributed by atoms with Crippen molar-refractivity contribution < 1.29 is 14.3 Å². The number of aliphatic hydroxyl groups is 1. The lowest BCUT2D eigenvalue weighted by atomic mass is 10.0. The monoisotopic (exact) mass is 482 g/mol. The molecule has 2 N–H and O–H groups in total. The summed E-state index contributed by atoms with van der Waals surface area (Å²) in [7, 11) is -1.96. The number of hydrogen-bond donors (Lipinski definition) is 2. The second-order valence-electron chi connectivity index (χ2n) is 7.99. The minimum atomic E-state index is -1.96. The quantitative estimate of drug-likeness (QED) is 0.507. The Morgan fingerprint density at radius 1 is 1.40 bits per heavy atom. The van der Waals surface area contributed by atoms with Gasteiger partial charge in [0.1, 0.15) is 12.3 Å². The van der Waals surface area contributed by atoms with Crippen LogP contribution in [0.4, 0.5) is 0 Å². The van der Waals surface area contributed by atoms with E-state index in [1.54, 1.807) is 0 Å². The van der Waals surface area contributed by atoms with E-state index in [-0.39, 0.29) is 5.04 Å². The van der Waals surface area contributed by atoms with E-state index in [2.05, 4.69) is 38.8 Å². The predicted molar refractivity (Wildman–Crippen MR) is 106 cm³/mol. The van der Waals surface area contributed by atoms with Crippen LogP contribution in [0.25, 0.3) is 0 Å². The first-order valence-corrected chi connectivity index (χ1v) is 12.4. The van der Waals surface area contributed by atoms with E-state index in [9.17, 15) is 14.7 Å². The molecule has 1 aliphatic rings. The van der Waals surface area contributed by atoms with Crippen molar-refractivity contribution in [3.8, 4) is 0 Å². The molecule has 0 bridgehead atoms. The molecule has 9 heteroatoms. The number of aromatic nitrogens is 2. The first-order chi connectivity index (χ1) is 11.4. The first kappa shape index (κ1) is 20.8. The van der Waals surface area contributed by atoms with Crippen molar-refractivity contribution in [3.63, 3.8) is 0 Å². The molecule has 1 aromatic rings. The van der Waals surface area contributed by atoms with E-state index in [0.29, 0.717) is 23.0 Å².